The van der Waals surface area contributed by atoms with Gasteiger partial charge in [-0.1, -0.05) is 39.0 Å². The number of likely N-dealkylation sites (tertiary alicyclic amines) is 2. The van der Waals surface area contributed by atoms with E-state index in [1.54, 1.807) is 0 Å². The summed E-state index contributed by atoms with van der Waals surface area (Å²) in [4.78, 5) is 74.8. The van der Waals surface area contributed by atoms with E-state index in [0.717, 1.165) is 100 Å². The number of carbonyl (C=O) groups is 4. The quantitative estimate of drug-likeness (QED) is 0.107. The Hall–Kier alpha value is -6.16. The van der Waals surface area contributed by atoms with Gasteiger partial charge in [0.05, 0.1) is 48.7 Å². The highest BCUT2D eigenvalue weighted by molar-refractivity contribution is 6.07. The number of alkyl carbamates (subject to hydrolysis) is 1. The molecule has 0 unspecified atom stereocenters. The lowest BCUT2D eigenvalue weighted by Crippen LogP contribution is -2.55. The van der Waals surface area contributed by atoms with Gasteiger partial charge in [0.2, 0.25) is 11.8 Å². The molecular weight excluding hydrogens is 817 g/mol. The molecule has 0 spiro atoms. The van der Waals surface area contributed by atoms with Crippen LogP contribution in [0.4, 0.5) is 9.59 Å². The number of likely N-dealkylation sites (N-methyl/N-ethyl adjacent to an activating group) is 1. The van der Waals surface area contributed by atoms with Crippen LogP contribution in [0.1, 0.15) is 102 Å². The van der Waals surface area contributed by atoms with Crippen LogP contribution >= 0.6 is 0 Å². The fourth-order valence-corrected chi connectivity index (χ4v) is 10.6. The molecule has 4 N–H and O–H groups in total. The number of ether oxygens (including phenoxy) is 3. The van der Waals surface area contributed by atoms with Crippen LogP contribution in [0.3, 0.4) is 0 Å². The lowest BCUT2D eigenvalue weighted by molar-refractivity contribution is -0.143. The number of hydrogen-bond acceptors (Lipinski definition) is 9. The van der Waals surface area contributed by atoms with E-state index in [4.69, 9.17) is 24.2 Å². The first kappa shape index (κ1) is 43.1. The number of carbonyl (C=O) groups excluding carboxylic acids is 3. The van der Waals surface area contributed by atoms with Crippen molar-refractivity contribution >= 4 is 45.8 Å². The van der Waals surface area contributed by atoms with Crippen molar-refractivity contribution in [3.05, 3.63) is 65.9 Å². The van der Waals surface area contributed by atoms with Gasteiger partial charge in [0.1, 0.15) is 36.1 Å². The van der Waals surface area contributed by atoms with Crippen molar-refractivity contribution < 1.29 is 38.5 Å². The van der Waals surface area contributed by atoms with Crippen molar-refractivity contribution in [2.45, 2.75) is 115 Å². The fraction of sp³-hybridized carbons (Fsp3) is 0.500. The number of amides is 4. The predicted molar refractivity (Wildman–Crippen MR) is 239 cm³/mol. The summed E-state index contributed by atoms with van der Waals surface area (Å²) in [7, 11) is 2.78. The number of aromatic amines is 2. The number of nitrogens with one attached hydrogen (secondary N) is 3. The molecule has 64 heavy (non-hydrogen) atoms. The number of aromatic nitrogens is 4. The third kappa shape index (κ3) is 7.68. The van der Waals surface area contributed by atoms with E-state index in [1.807, 2.05) is 42.8 Å². The molecule has 0 aliphatic carbocycles. The molecular formula is C48H58N8O8. The molecule has 16 nitrogen and oxygen atoms in total. The Morgan fingerprint density at radius 2 is 1.77 bits per heavy atom. The molecule has 4 amide bonds. The molecule has 3 saturated heterocycles. The predicted octanol–water partition coefficient (Wildman–Crippen LogP) is 7.95. The van der Waals surface area contributed by atoms with Crippen molar-refractivity contribution in [1.82, 2.24) is 40.0 Å². The van der Waals surface area contributed by atoms with Crippen LogP contribution in [0, 0.1) is 11.8 Å². The highest BCUT2D eigenvalue weighted by atomic mass is 16.5. The number of methoxy groups -OCH3 is 1. The normalized spacial score (nSPS) is 22.8. The van der Waals surface area contributed by atoms with E-state index >= 15 is 0 Å². The third-order valence-electron chi connectivity index (χ3n) is 14.1. The topological polar surface area (TPSA) is 195 Å². The van der Waals surface area contributed by atoms with Crippen molar-refractivity contribution in [3.8, 4) is 28.1 Å². The van der Waals surface area contributed by atoms with Crippen LogP contribution in [-0.4, -0.2) is 115 Å². The Morgan fingerprint density at radius 3 is 2.50 bits per heavy atom. The number of rotatable bonds is 10. The maximum atomic E-state index is 14.6. The van der Waals surface area contributed by atoms with Crippen molar-refractivity contribution in [2.24, 2.45) is 11.8 Å². The second kappa shape index (κ2) is 17.4. The third-order valence-corrected chi connectivity index (χ3v) is 14.1. The van der Waals surface area contributed by atoms with Crippen LogP contribution in [0.25, 0.3) is 44.2 Å². The van der Waals surface area contributed by atoms with E-state index in [-0.39, 0.29) is 47.8 Å². The smallest absolute Gasteiger partial charge is 0.407 e. The molecule has 7 atom stereocenters. The molecule has 3 aromatic carbocycles. The highest BCUT2D eigenvalue weighted by Crippen LogP contribution is 2.45. The van der Waals surface area contributed by atoms with Gasteiger partial charge >= 0.3 is 12.2 Å². The monoisotopic (exact) mass is 874 g/mol. The fourth-order valence-electron chi connectivity index (χ4n) is 10.6. The van der Waals surface area contributed by atoms with E-state index in [2.05, 4.69) is 58.6 Å². The molecule has 4 aliphatic heterocycles. The second-order valence-electron chi connectivity index (χ2n) is 18.3. The molecule has 9 rings (SSSR count). The molecule has 3 fully saturated rings. The number of hydrogen-bond donors (Lipinski definition) is 4. The number of fused-ring (bicyclic) bond motifs is 6. The number of imidazole rings is 2. The van der Waals surface area contributed by atoms with Gasteiger partial charge in [-0.3, -0.25) is 14.5 Å². The summed E-state index contributed by atoms with van der Waals surface area (Å²) >= 11 is 0. The summed E-state index contributed by atoms with van der Waals surface area (Å²) in [5, 5.41) is 14.7. The average molecular weight is 875 g/mol. The summed E-state index contributed by atoms with van der Waals surface area (Å²) in [6, 6.07) is 12.4. The van der Waals surface area contributed by atoms with Gasteiger partial charge in [-0.15, -0.1) is 0 Å². The average Bonchev–Trinajstić information content (AvgIpc) is 4.13. The molecule has 0 radical (unpaired) electrons. The zero-order valence-electron chi connectivity index (χ0n) is 37.3. The van der Waals surface area contributed by atoms with Gasteiger partial charge in [-0.25, -0.2) is 19.6 Å². The Bertz CT molecular complexity index is 2600. The van der Waals surface area contributed by atoms with Gasteiger partial charge in [0, 0.05) is 42.6 Å². The minimum atomic E-state index is -1.13. The lowest BCUT2D eigenvalue weighted by atomic mass is 9.91. The molecule has 0 bridgehead atoms. The zero-order valence-corrected chi connectivity index (χ0v) is 37.3. The van der Waals surface area contributed by atoms with Crippen molar-refractivity contribution in [3.63, 3.8) is 0 Å². The molecule has 6 heterocycles. The minimum Gasteiger partial charge on any atom is -0.488 e. The maximum absolute atomic E-state index is 14.6. The summed E-state index contributed by atoms with van der Waals surface area (Å²) in [6.45, 7) is 9.25. The van der Waals surface area contributed by atoms with Crippen LogP contribution < -0.4 is 10.1 Å². The molecule has 4 aliphatic rings. The highest BCUT2D eigenvalue weighted by Gasteiger charge is 2.46. The first-order valence-corrected chi connectivity index (χ1v) is 22.7. The summed E-state index contributed by atoms with van der Waals surface area (Å²) in [5.74, 6) is 1.46. The first-order valence-electron chi connectivity index (χ1n) is 22.7. The van der Waals surface area contributed by atoms with Gasteiger partial charge in [0.25, 0.3) is 0 Å². The molecule has 0 saturated carbocycles. The van der Waals surface area contributed by atoms with E-state index < -0.39 is 24.3 Å². The lowest BCUT2D eigenvalue weighted by Gasteiger charge is -2.39. The first-order chi connectivity index (χ1) is 30.9. The van der Waals surface area contributed by atoms with Crippen LogP contribution in [0.5, 0.6) is 5.75 Å². The van der Waals surface area contributed by atoms with Gasteiger partial charge in [-0.2, -0.15) is 0 Å². The molecule has 338 valence electrons. The van der Waals surface area contributed by atoms with Crippen molar-refractivity contribution in [1.29, 1.82) is 0 Å². The van der Waals surface area contributed by atoms with E-state index in [9.17, 15) is 24.3 Å². The van der Waals surface area contributed by atoms with Gasteiger partial charge < -0.3 is 44.4 Å². The molecule has 2 aromatic heterocycles. The second-order valence-corrected chi connectivity index (χ2v) is 18.3. The number of H-pyrrole nitrogens is 2. The SMILES string of the molecule is CC[C@H]1CC[C@@H](c2nc3ccc4cc5c(cc4c3[nH]2)OCc2cc(-c3cnc([C@@H]4CC[C@H](C)N4C(=O)[C@@H](NC(=O)OC)C(C)C)[nH]3)ccc2-5)N1C(=O)[C@H]([C@@H]1CCCOC1)N(C)C(=O)O. The Balaban J connectivity index is 0.976. The minimum absolute atomic E-state index is 0.0217. The summed E-state index contributed by atoms with van der Waals surface area (Å²) in [5.41, 5.74) is 6.52. The van der Waals surface area contributed by atoms with E-state index in [0.29, 0.717) is 31.5 Å². The van der Waals surface area contributed by atoms with Crippen molar-refractivity contribution in [2.75, 3.05) is 27.4 Å². The van der Waals surface area contributed by atoms with Gasteiger partial charge in [-0.05, 0) is 104 Å². The zero-order chi connectivity index (χ0) is 45.0. The largest absolute Gasteiger partial charge is 0.488 e. The summed E-state index contributed by atoms with van der Waals surface area (Å²) < 4.78 is 17.0. The Kier molecular flexibility index (Phi) is 11.7. The number of nitrogens with zero attached hydrogens (tertiary/aromatic N) is 5. The van der Waals surface area contributed by atoms with Gasteiger partial charge in [0.15, 0.2) is 0 Å². The van der Waals surface area contributed by atoms with E-state index in [1.165, 1.54) is 19.1 Å². The standard InChI is InChI=1S/C48H58N8O8/c1-7-31-13-17-38(56(31)46(58)42(54(5)48(60)61)29-9-8-18-63-23-29)44-50-35-15-12-27-20-34-32-14-11-28(19-30(32)24-64-39(34)21-33(27)41(35)52-44)36-22-49-43(51-36)37-16-10-26(4)55(37)45(57)40(25(2)3)53-47(59)62-6/h11-12,14-15,19-22,25-26,29,31,37-38,40,42H,7-10,13,16-18,23-24H2,1-6H3,(H,49,51)(H,50,52)(H,53,59)(H,60,61)/t26-,29+,31-,37-,38-,40-,42-/m0/s1. The number of carboxylic acid groups (broad SMARTS) is 1. The maximum Gasteiger partial charge on any atom is 0.407 e. The molecule has 5 aromatic rings. The molecule has 16 heteroatoms. The Labute approximate surface area is 372 Å². The summed E-state index contributed by atoms with van der Waals surface area (Å²) in [6.07, 6.45) is 5.40. The van der Waals surface area contributed by atoms with Crippen LogP contribution in [0.15, 0.2) is 48.7 Å². The number of benzene rings is 3. The van der Waals surface area contributed by atoms with Crippen LogP contribution in [0.2, 0.25) is 0 Å². The van der Waals surface area contributed by atoms with Crippen LogP contribution in [-0.2, 0) is 25.7 Å². The Morgan fingerprint density at radius 1 is 0.969 bits per heavy atom.